The zero-order valence-corrected chi connectivity index (χ0v) is 15.4. The lowest BCUT2D eigenvalue weighted by atomic mass is 9.97. The zero-order valence-electron chi connectivity index (χ0n) is 15.4. The molecular weight excluding hydrogens is 338 g/mol. The molecule has 1 heteroatoms. The van der Waals surface area contributed by atoms with Crippen molar-refractivity contribution in [1.82, 2.24) is 4.98 Å². The van der Waals surface area contributed by atoms with E-state index in [0.717, 1.165) is 22.2 Å². The van der Waals surface area contributed by atoms with Crippen LogP contribution in [0.2, 0.25) is 0 Å². The van der Waals surface area contributed by atoms with E-state index >= 15 is 0 Å². The third kappa shape index (κ3) is 3.19. The monoisotopic (exact) mass is 357 g/mol. The van der Waals surface area contributed by atoms with E-state index in [0.29, 0.717) is 0 Å². The molecule has 0 saturated heterocycles. The van der Waals surface area contributed by atoms with Gasteiger partial charge in [-0.2, -0.15) is 0 Å². The highest BCUT2D eigenvalue weighted by molar-refractivity contribution is 5.82. The van der Waals surface area contributed by atoms with Crippen LogP contribution in [0.1, 0.15) is 0 Å². The first-order valence-corrected chi connectivity index (χ1v) is 9.49. The van der Waals surface area contributed by atoms with Crippen molar-refractivity contribution in [2.75, 3.05) is 0 Å². The van der Waals surface area contributed by atoms with Gasteiger partial charge in [0.2, 0.25) is 0 Å². The Labute approximate surface area is 165 Å². The summed E-state index contributed by atoms with van der Waals surface area (Å²) in [6, 6.07) is 40.3. The number of pyridine rings is 1. The Balaban J connectivity index is 1.55. The molecule has 0 saturated carbocycles. The minimum Gasteiger partial charge on any atom is -0.248 e. The third-order valence-corrected chi connectivity index (χ3v) is 5.06. The molecule has 132 valence electrons. The Hall–Kier alpha value is -3.71. The smallest absolute Gasteiger partial charge is 0.0709 e. The van der Waals surface area contributed by atoms with Crippen LogP contribution in [0.5, 0.6) is 0 Å². The molecule has 1 heterocycles. The van der Waals surface area contributed by atoms with Gasteiger partial charge in [0.15, 0.2) is 0 Å². The first kappa shape index (κ1) is 16.5. The third-order valence-electron chi connectivity index (χ3n) is 5.06. The second-order valence-corrected chi connectivity index (χ2v) is 6.92. The van der Waals surface area contributed by atoms with Crippen LogP contribution in [-0.2, 0) is 0 Å². The van der Waals surface area contributed by atoms with E-state index in [1.54, 1.807) is 0 Å². The van der Waals surface area contributed by atoms with Gasteiger partial charge in [0.1, 0.15) is 0 Å². The molecule has 0 aliphatic heterocycles. The Morgan fingerprint density at radius 3 is 1.75 bits per heavy atom. The van der Waals surface area contributed by atoms with Crippen molar-refractivity contribution in [3.8, 4) is 33.5 Å². The van der Waals surface area contributed by atoms with E-state index < -0.39 is 0 Å². The highest BCUT2D eigenvalue weighted by atomic mass is 14.7. The summed E-state index contributed by atoms with van der Waals surface area (Å²) in [6.45, 7) is 0. The van der Waals surface area contributed by atoms with Crippen LogP contribution >= 0.6 is 0 Å². The summed E-state index contributed by atoms with van der Waals surface area (Å²) in [7, 11) is 0. The summed E-state index contributed by atoms with van der Waals surface area (Å²) in [5.74, 6) is 0. The van der Waals surface area contributed by atoms with Gasteiger partial charge in [0.05, 0.1) is 11.2 Å². The molecule has 4 aromatic carbocycles. The standard InChI is InChI=1S/C27H19N/c1-2-8-20(9-3-1)22-11-6-12-23(18-22)24-13-7-14-25(19-24)27-17-16-21-10-4-5-15-26(21)28-27/h1-19H. The Bertz CT molecular complexity index is 1260. The molecule has 5 aromatic rings. The molecule has 0 radical (unpaired) electrons. The normalized spacial score (nSPS) is 10.9. The van der Waals surface area contributed by atoms with Crippen LogP contribution in [-0.4, -0.2) is 4.98 Å². The minimum atomic E-state index is 1.000. The van der Waals surface area contributed by atoms with E-state index in [9.17, 15) is 0 Å². The van der Waals surface area contributed by atoms with Crippen LogP contribution in [0.4, 0.5) is 0 Å². The predicted molar refractivity (Wildman–Crippen MR) is 118 cm³/mol. The summed E-state index contributed by atoms with van der Waals surface area (Å²) >= 11 is 0. The van der Waals surface area contributed by atoms with Crippen molar-refractivity contribution in [3.05, 3.63) is 115 Å². The summed E-state index contributed by atoms with van der Waals surface area (Å²) in [5.41, 5.74) is 8.03. The fraction of sp³-hybridized carbons (Fsp3) is 0. The van der Waals surface area contributed by atoms with Gasteiger partial charge in [-0.1, -0.05) is 91.0 Å². The van der Waals surface area contributed by atoms with E-state index in [4.69, 9.17) is 4.98 Å². The van der Waals surface area contributed by atoms with E-state index in [1.807, 2.05) is 18.2 Å². The van der Waals surface area contributed by atoms with Gasteiger partial charge in [-0.3, -0.25) is 0 Å². The van der Waals surface area contributed by atoms with Crippen LogP contribution in [0.3, 0.4) is 0 Å². The topological polar surface area (TPSA) is 12.9 Å². The van der Waals surface area contributed by atoms with Gasteiger partial charge < -0.3 is 0 Å². The van der Waals surface area contributed by atoms with Crippen molar-refractivity contribution in [2.24, 2.45) is 0 Å². The molecule has 0 aliphatic carbocycles. The van der Waals surface area contributed by atoms with Crippen LogP contribution < -0.4 is 0 Å². The SMILES string of the molecule is c1ccc(-c2cccc(-c3cccc(-c4ccc5ccccc5n4)c3)c2)cc1. The molecule has 0 unspecified atom stereocenters. The fourth-order valence-electron chi connectivity index (χ4n) is 3.59. The van der Waals surface area contributed by atoms with Gasteiger partial charge in [-0.05, 0) is 46.5 Å². The summed E-state index contributed by atoms with van der Waals surface area (Å²) in [5, 5.41) is 1.16. The van der Waals surface area contributed by atoms with Crippen LogP contribution in [0.25, 0.3) is 44.4 Å². The maximum Gasteiger partial charge on any atom is 0.0709 e. The van der Waals surface area contributed by atoms with Gasteiger partial charge in [0.25, 0.3) is 0 Å². The van der Waals surface area contributed by atoms with Gasteiger partial charge >= 0.3 is 0 Å². The van der Waals surface area contributed by atoms with Crippen molar-refractivity contribution < 1.29 is 0 Å². The predicted octanol–water partition coefficient (Wildman–Crippen LogP) is 7.24. The quantitative estimate of drug-likeness (QED) is 0.332. The molecule has 1 nitrogen and oxygen atoms in total. The maximum absolute atomic E-state index is 4.85. The lowest BCUT2D eigenvalue weighted by Gasteiger charge is -2.09. The second kappa shape index (κ2) is 7.13. The van der Waals surface area contributed by atoms with E-state index in [1.165, 1.54) is 22.3 Å². The molecule has 0 spiro atoms. The molecule has 0 N–H and O–H groups in total. The first-order chi connectivity index (χ1) is 13.9. The highest BCUT2D eigenvalue weighted by Crippen LogP contribution is 2.29. The molecule has 0 bridgehead atoms. The summed E-state index contributed by atoms with van der Waals surface area (Å²) < 4.78 is 0. The first-order valence-electron chi connectivity index (χ1n) is 9.49. The molecule has 0 atom stereocenters. The maximum atomic E-state index is 4.85. The van der Waals surface area contributed by atoms with Gasteiger partial charge in [-0.15, -0.1) is 0 Å². The zero-order chi connectivity index (χ0) is 18.8. The van der Waals surface area contributed by atoms with Crippen molar-refractivity contribution in [1.29, 1.82) is 0 Å². The Morgan fingerprint density at radius 2 is 0.964 bits per heavy atom. The number of fused-ring (bicyclic) bond motifs is 1. The lowest BCUT2D eigenvalue weighted by molar-refractivity contribution is 1.40. The van der Waals surface area contributed by atoms with Gasteiger partial charge in [0, 0.05) is 10.9 Å². The van der Waals surface area contributed by atoms with Crippen LogP contribution in [0.15, 0.2) is 115 Å². The van der Waals surface area contributed by atoms with Gasteiger partial charge in [-0.25, -0.2) is 4.98 Å². The second-order valence-electron chi connectivity index (χ2n) is 6.92. The van der Waals surface area contributed by atoms with E-state index in [2.05, 4.69) is 97.1 Å². The molecule has 1 aromatic heterocycles. The Morgan fingerprint density at radius 1 is 0.393 bits per heavy atom. The molecule has 0 aliphatic rings. The number of rotatable bonds is 3. The molecular formula is C27H19N. The van der Waals surface area contributed by atoms with Crippen molar-refractivity contribution in [2.45, 2.75) is 0 Å². The number of hydrogen-bond acceptors (Lipinski definition) is 1. The number of hydrogen-bond donors (Lipinski definition) is 0. The summed E-state index contributed by atoms with van der Waals surface area (Å²) in [6.07, 6.45) is 0. The number of nitrogens with zero attached hydrogens (tertiary/aromatic N) is 1. The average Bonchev–Trinajstić information content (AvgIpc) is 2.79. The number of aromatic nitrogens is 1. The molecule has 0 fully saturated rings. The molecule has 28 heavy (non-hydrogen) atoms. The largest absolute Gasteiger partial charge is 0.248 e. The molecule has 5 rings (SSSR count). The fourth-order valence-corrected chi connectivity index (χ4v) is 3.59. The molecule has 0 amide bonds. The number of benzene rings is 4. The Kier molecular flexibility index (Phi) is 4.19. The number of para-hydroxylation sites is 1. The van der Waals surface area contributed by atoms with Crippen molar-refractivity contribution in [3.63, 3.8) is 0 Å². The average molecular weight is 357 g/mol. The summed E-state index contributed by atoms with van der Waals surface area (Å²) in [4.78, 5) is 4.85. The minimum absolute atomic E-state index is 1.000. The van der Waals surface area contributed by atoms with E-state index in [-0.39, 0.29) is 0 Å². The van der Waals surface area contributed by atoms with Crippen molar-refractivity contribution >= 4 is 10.9 Å². The van der Waals surface area contributed by atoms with Crippen LogP contribution in [0, 0.1) is 0 Å². The highest BCUT2D eigenvalue weighted by Gasteiger charge is 2.05. The lowest BCUT2D eigenvalue weighted by Crippen LogP contribution is -1.87.